The zero-order valence-corrected chi connectivity index (χ0v) is 9.43. The van der Waals surface area contributed by atoms with Gasteiger partial charge in [0.25, 0.3) is 0 Å². The fraction of sp³-hybridized carbons (Fsp3) is 0.400. The fourth-order valence-electron chi connectivity index (χ4n) is 1.07. The van der Waals surface area contributed by atoms with Gasteiger partial charge in [0.05, 0.1) is 18.7 Å². The predicted octanol–water partition coefficient (Wildman–Crippen LogP) is 2.27. The molecule has 0 aliphatic rings. The third kappa shape index (κ3) is 6.09. The molecule has 0 saturated heterocycles. The average molecular weight is 284 g/mol. The summed E-state index contributed by atoms with van der Waals surface area (Å²) in [7, 11) is 0. The molecular weight excluding hydrogens is 275 g/mol. The van der Waals surface area contributed by atoms with Gasteiger partial charge in [0, 0.05) is 0 Å². The third-order valence-electron chi connectivity index (χ3n) is 1.83. The lowest BCUT2D eigenvalue weighted by atomic mass is 10.3. The van der Waals surface area contributed by atoms with Crippen LogP contribution in [-0.2, 0) is 9.53 Å². The van der Waals surface area contributed by atoms with E-state index in [-0.39, 0.29) is 5.69 Å². The topological polar surface area (TPSA) is 51.2 Å². The first-order valence-electron chi connectivity index (χ1n) is 5.04. The molecule has 106 valence electrons. The summed E-state index contributed by atoms with van der Waals surface area (Å²) in [6.45, 7) is -1.94. The average Bonchev–Trinajstić information content (AvgIpc) is 2.27. The van der Waals surface area contributed by atoms with Crippen LogP contribution in [0.25, 0.3) is 0 Å². The number of aromatic nitrogens is 1. The van der Waals surface area contributed by atoms with Crippen molar-refractivity contribution in [2.24, 2.45) is 0 Å². The van der Waals surface area contributed by atoms with Gasteiger partial charge >= 0.3 is 6.18 Å². The lowest BCUT2D eigenvalue weighted by molar-refractivity contribution is -0.174. The Balaban J connectivity index is 2.35. The number of rotatable bonds is 5. The predicted molar refractivity (Wildman–Crippen MR) is 54.3 cm³/mol. The molecule has 9 heteroatoms. The standard InChI is InChI=1S/C10H9F5N2O2/c11-7-2-1-6(9(12)17-7)16-8(18)3-4-19-5-10(13,14)15/h1-2H,3-5H2,(H,16,18). The zero-order chi connectivity index (χ0) is 14.5. The van der Waals surface area contributed by atoms with Crippen molar-refractivity contribution in [2.75, 3.05) is 18.5 Å². The van der Waals surface area contributed by atoms with E-state index in [1.54, 1.807) is 0 Å². The second-order valence-corrected chi connectivity index (χ2v) is 3.44. The molecule has 0 fully saturated rings. The van der Waals surface area contributed by atoms with Crippen molar-refractivity contribution in [2.45, 2.75) is 12.6 Å². The van der Waals surface area contributed by atoms with Crippen LogP contribution in [0.1, 0.15) is 6.42 Å². The first-order valence-corrected chi connectivity index (χ1v) is 5.04. The highest BCUT2D eigenvalue weighted by atomic mass is 19.4. The van der Waals surface area contributed by atoms with Gasteiger partial charge in [0.15, 0.2) is 0 Å². The van der Waals surface area contributed by atoms with E-state index in [0.29, 0.717) is 0 Å². The van der Waals surface area contributed by atoms with Gasteiger partial charge in [-0.25, -0.2) is 0 Å². The summed E-state index contributed by atoms with van der Waals surface area (Å²) in [4.78, 5) is 14.0. The summed E-state index contributed by atoms with van der Waals surface area (Å²) in [5.41, 5.74) is -0.359. The minimum Gasteiger partial charge on any atom is -0.372 e. The molecule has 0 atom stereocenters. The maximum Gasteiger partial charge on any atom is 0.411 e. The maximum atomic E-state index is 13.0. The van der Waals surface area contributed by atoms with Crippen LogP contribution in [-0.4, -0.2) is 30.3 Å². The minimum absolute atomic E-state index is 0.359. The monoisotopic (exact) mass is 284 g/mol. The highest BCUT2D eigenvalue weighted by molar-refractivity contribution is 5.90. The molecule has 1 N–H and O–H groups in total. The summed E-state index contributed by atoms with van der Waals surface area (Å²) in [5.74, 6) is -3.04. The SMILES string of the molecule is O=C(CCOCC(F)(F)F)Nc1ccc(F)nc1F. The van der Waals surface area contributed by atoms with Gasteiger partial charge < -0.3 is 10.1 Å². The highest BCUT2D eigenvalue weighted by Crippen LogP contribution is 2.15. The van der Waals surface area contributed by atoms with Crippen molar-refractivity contribution in [3.8, 4) is 0 Å². The molecule has 0 radical (unpaired) electrons. The van der Waals surface area contributed by atoms with E-state index in [9.17, 15) is 26.7 Å². The number of nitrogens with one attached hydrogen (secondary N) is 1. The first-order chi connectivity index (χ1) is 8.78. The number of hydrogen-bond donors (Lipinski definition) is 1. The number of carbonyl (C=O) groups is 1. The first kappa shape index (κ1) is 15.3. The Morgan fingerprint density at radius 3 is 2.58 bits per heavy atom. The summed E-state index contributed by atoms with van der Waals surface area (Å²) in [6, 6.07) is 1.78. The molecule has 1 amide bonds. The second-order valence-electron chi connectivity index (χ2n) is 3.44. The van der Waals surface area contributed by atoms with Crippen molar-refractivity contribution in [1.82, 2.24) is 4.98 Å². The van der Waals surface area contributed by atoms with Crippen molar-refractivity contribution >= 4 is 11.6 Å². The molecule has 1 aromatic heterocycles. The zero-order valence-electron chi connectivity index (χ0n) is 9.43. The van der Waals surface area contributed by atoms with Crippen LogP contribution in [0.3, 0.4) is 0 Å². The van der Waals surface area contributed by atoms with Gasteiger partial charge in [-0.1, -0.05) is 0 Å². The number of amides is 1. The summed E-state index contributed by atoms with van der Waals surface area (Å²) in [5, 5.41) is 2.03. The molecule has 1 heterocycles. The second kappa shape index (κ2) is 6.41. The molecule has 0 aliphatic carbocycles. The van der Waals surface area contributed by atoms with Crippen LogP contribution in [0.15, 0.2) is 12.1 Å². The van der Waals surface area contributed by atoms with Gasteiger partial charge in [0.1, 0.15) is 6.61 Å². The van der Waals surface area contributed by atoms with E-state index >= 15 is 0 Å². The molecule has 1 aromatic rings. The lowest BCUT2D eigenvalue weighted by Crippen LogP contribution is -2.20. The summed E-state index contributed by atoms with van der Waals surface area (Å²) in [6.07, 6.45) is -4.86. The molecule has 0 bridgehead atoms. The van der Waals surface area contributed by atoms with Crippen molar-refractivity contribution in [3.63, 3.8) is 0 Å². The smallest absolute Gasteiger partial charge is 0.372 e. The van der Waals surface area contributed by atoms with Crippen LogP contribution in [0.2, 0.25) is 0 Å². The molecule has 19 heavy (non-hydrogen) atoms. The summed E-state index contributed by atoms with van der Waals surface area (Å²) < 4.78 is 64.8. The number of alkyl halides is 3. The fourth-order valence-corrected chi connectivity index (χ4v) is 1.07. The van der Waals surface area contributed by atoms with Crippen LogP contribution in [0.4, 0.5) is 27.6 Å². The number of anilines is 1. The van der Waals surface area contributed by atoms with Crippen molar-refractivity contribution < 1.29 is 31.5 Å². The molecule has 0 aromatic carbocycles. The van der Waals surface area contributed by atoms with Crippen LogP contribution in [0.5, 0.6) is 0 Å². The minimum atomic E-state index is -4.47. The van der Waals surface area contributed by atoms with Gasteiger partial charge in [-0.2, -0.15) is 26.9 Å². The number of hydrogen-bond acceptors (Lipinski definition) is 3. The number of halogens is 5. The normalized spacial score (nSPS) is 11.4. The largest absolute Gasteiger partial charge is 0.411 e. The van der Waals surface area contributed by atoms with Gasteiger partial charge in [-0.05, 0) is 12.1 Å². The van der Waals surface area contributed by atoms with Gasteiger partial charge in [-0.15, -0.1) is 0 Å². The Bertz CT molecular complexity index is 450. The number of nitrogens with zero attached hydrogens (tertiary/aromatic N) is 1. The highest BCUT2D eigenvalue weighted by Gasteiger charge is 2.27. The van der Waals surface area contributed by atoms with Crippen LogP contribution >= 0.6 is 0 Å². The van der Waals surface area contributed by atoms with Crippen LogP contribution in [0, 0.1) is 11.9 Å². The van der Waals surface area contributed by atoms with E-state index < -0.39 is 43.6 Å². The van der Waals surface area contributed by atoms with Crippen molar-refractivity contribution in [1.29, 1.82) is 0 Å². The Morgan fingerprint density at radius 1 is 1.32 bits per heavy atom. The molecule has 0 spiro atoms. The van der Waals surface area contributed by atoms with E-state index in [0.717, 1.165) is 12.1 Å². The van der Waals surface area contributed by atoms with E-state index in [4.69, 9.17) is 0 Å². The molecule has 0 saturated carbocycles. The van der Waals surface area contributed by atoms with Crippen molar-refractivity contribution in [3.05, 3.63) is 24.0 Å². The molecular formula is C10H9F5N2O2. The lowest BCUT2D eigenvalue weighted by Gasteiger charge is -2.08. The van der Waals surface area contributed by atoms with E-state index in [1.165, 1.54) is 0 Å². The molecule has 1 rings (SSSR count). The number of pyridine rings is 1. The Labute approximate surface area is 104 Å². The Kier molecular flexibility index (Phi) is 5.16. The van der Waals surface area contributed by atoms with Gasteiger partial charge in [0.2, 0.25) is 17.8 Å². The number of ether oxygens (including phenoxy) is 1. The van der Waals surface area contributed by atoms with Gasteiger partial charge in [-0.3, -0.25) is 4.79 Å². The molecule has 0 unspecified atom stereocenters. The maximum absolute atomic E-state index is 13.0. The third-order valence-corrected chi connectivity index (χ3v) is 1.83. The summed E-state index contributed by atoms with van der Waals surface area (Å²) >= 11 is 0. The van der Waals surface area contributed by atoms with E-state index in [1.807, 2.05) is 5.32 Å². The molecule has 4 nitrogen and oxygen atoms in total. The van der Waals surface area contributed by atoms with Crippen LogP contribution < -0.4 is 5.32 Å². The van der Waals surface area contributed by atoms with E-state index in [2.05, 4.69) is 9.72 Å². The number of carbonyl (C=O) groups excluding carboxylic acids is 1. The Hall–Kier alpha value is -1.77. The Morgan fingerprint density at radius 2 is 2.00 bits per heavy atom. The quantitative estimate of drug-likeness (QED) is 0.512. The molecule has 0 aliphatic heterocycles.